The van der Waals surface area contributed by atoms with E-state index in [0.29, 0.717) is 17.0 Å². The van der Waals surface area contributed by atoms with Gasteiger partial charge < -0.3 is 5.32 Å². The van der Waals surface area contributed by atoms with Crippen molar-refractivity contribution < 1.29 is 4.79 Å². The molecule has 2 aliphatic carbocycles. The van der Waals surface area contributed by atoms with Crippen LogP contribution in [0.2, 0.25) is 0 Å². The zero-order chi connectivity index (χ0) is 13.2. The van der Waals surface area contributed by atoms with E-state index in [1.807, 2.05) is 0 Å². The summed E-state index contributed by atoms with van der Waals surface area (Å²) in [6.45, 7) is 0.788. The number of nitrogens with one attached hydrogen (secondary N) is 1. The van der Waals surface area contributed by atoms with E-state index >= 15 is 0 Å². The van der Waals surface area contributed by atoms with Gasteiger partial charge in [-0.15, -0.1) is 0 Å². The van der Waals surface area contributed by atoms with E-state index in [4.69, 9.17) is 5.26 Å². The summed E-state index contributed by atoms with van der Waals surface area (Å²) < 4.78 is 0. The van der Waals surface area contributed by atoms with Gasteiger partial charge in [0.05, 0.1) is 11.6 Å². The Labute approximate surface area is 113 Å². The first-order valence-electron chi connectivity index (χ1n) is 7.04. The van der Waals surface area contributed by atoms with Crippen LogP contribution >= 0.6 is 0 Å². The molecule has 3 nitrogen and oxygen atoms in total. The summed E-state index contributed by atoms with van der Waals surface area (Å²) in [4.78, 5) is 12.1. The van der Waals surface area contributed by atoms with E-state index < -0.39 is 0 Å². The summed E-state index contributed by atoms with van der Waals surface area (Å²) in [6.07, 6.45) is 5.38. The molecule has 3 rings (SSSR count). The van der Waals surface area contributed by atoms with Crippen LogP contribution in [-0.2, 0) is 0 Å². The van der Waals surface area contributed by atoms with Crippen LogP contribution in [0.1, 0.15) is 41.6 Å². The fourth-order valence-corrected chi connectivity index (χ4v) is 3.68. The lowest BCUT2D eigenvalue weighted by Crippen LogP contribution is -2.31. The normalized spacial score (nSPS) is 28.1. The van der Waals surface area contributed by atoms with E-state index in [0.717, 1.165) is 18.4 Å². The van der Waals surface area contributed by atoms with E-state index in [-0.39, 0.29) is 5.91 Å². The van der Waals surface area contributed by atoms with E-state index in [1.54, 1.807) is 24.3 Å². The van der Waals surface area contributed by atoms with Crippen LogP contribution in [0.25, 0.3) is 0 Å². The van der Waals surface area contributed by atoms with Crippen molar-refractivity contribution in [1.29, 1.82) is 5.26 Å². The lowest BCUT2D eigenvalue weighted by molar-refractivity contribution is 0.0941. The molecule has 0 spiro atoms. The van der Waals surface area contributed by atoms with Crippen LogP contribution in [0.5, 0.6) is 0 Å². The number of benzene rings is 1. The van der Waals surface area contributed by atoms with E-state index in [1.165, 1.54) is 25.7 Å². The molecule has 3 heteroatoms. The molecule has 2 saturated carbocycles. The molecule has 1 amide bonds. The van der Waals surface area contributed by atoms with Crippen molar-refractivity contribution in [2.75, 3.05) is 6.54 Å². The Hall–Kier alpha value is -1.82. The quantitative estimate of drug-likeness (QED) is 0.901. The van der Waals surface area contributed by atoms with Crippen molar-refractivity contribution in [1.82, 2.24) is 5.32 Å². The van der Waals surface area contributed by atoms with Gasteiger partial charge in [0.2, 0.25) is 0 Å². The van der Waals surface area contributed by atoms with Crippen molar-refractivity contribution in [3.63, 3.8) is 0 Å². The Bertz CT molecular complexity index is 532. The maximum atomic E-state index is 12.1. The van der Waals surface area contributed by atoms with E-state index in [2.05, 4.69) is 11.4 Å². The summed E-state index contributed by atoms with van der Waals surface area (Å²) in [5, 5.41) is 11.9. The van der Waals surface area contributed by atoms with Gasteiger partial charge in [0.1, 0.15) is 0 Å². The van der Waals surface area contributed by atoms with Crippen molar-refractivity contribution in [3.05, 3.63) is 35.4 Å². The van der Waals surface area contributed by atoms with Gasteiger partial charge in [0.25, 0.3) is 5.91 Å². The minimum Gasteiger partial charge on any atom is -0.352 e. The number of amides is 1. The maximum Gasteiger partial charge on any atom is 0.251 e. The van der Waals surface area contributed by atoms with Gasteiger partial charge in [-0.3, -0.25) is 4.79 Å². The molecule has 1 aromatic rings. The molecule has 0 aliphatic heterocycles. The second-order valence-electron chi connectivity index (χ2n) is 5.84. The fraction of sp³-hybridized carbons (Fsp3) is 0.500. The summed E-state index contributed by atoms with van der Waals surface area (Å²) in [6, 6.07) is 8.94. The van der Waals surface area contributed by atoms with Gasteiger partial charge in [0.15, 0.2) is 0 Å². The number of carbonyl (C=O) groups excluding carboxylic acids is 1. The zero-order valence-electron chi connectivity index (χ0n) is 10.9. The Morgan fingerprint density at radius 1 is 1.37 bits per heavy atom. The summed E-state index contributed by atoms with van der Waals surface area (Å²) in [5.74, 6) is 2.35. The van der Waals surface area contributed by atoms with Gasteiger partial charge >= 0.3 is 0 Å². The number of carbonyl (C=O) groups is 1. The first kappa shape index (κ1) is 12.2. The number of nitrogens with zero attached hydrogens (tertiary/aromatic N) is 1. The average molecular weight is 254 g/mol. The Balaban J connectivity index is 1.58. The van der Waals surface area contributed by atoms with Gasteiger partial charge in [-0.25, -0.2) is 0 Å². The number of rotatable bonds is 3. The molecule has 0 saturated heterocycles. The van der Waals surface area contributed by atoms with Crippen LogP contribution in [0, 0.1) is 29.1 Å². The van der Waals surface area contributed by atoms with Crippen LogP contribution in [0.3, 0.4) is 0 Å². The number of hydrogen-bond donors (Lipinski definition) is 1. The SMILES string of the molecule is N#Cc1cccc(C(=O)NCC2CC3CCC2C3)c1. The molecule has 1 N–H and O–H groups in total. The van der Waals surface area contributed by atoms with Crippen LogP contribution in [0.15, 0.2) is 24.3 Å². The average Bonchev–Trinajstić information content (AvgIpc) is 3.07. The van der Waals surface area contributed by atoms with Crippen LogP contribution in [-0.4, -0.2) is 12.5 Å². The highest BCUT2D eigenvalue weighted by atomic mass is 16.1. The summed E-state index contributed by atoms with van der Waals surface area (Å²) in [7, 11) is 0. The lowest BCUT2D eigenvalue weighted by Gasteiger charge is -2.21. The molecule has 2 fully saturated rings. The molecule has 3 unspecified atom stereocenters. The molecule has 0 radical (unpaired) electrons. The molecule has 19 heavy (non-hydrogen) atoms. The molecule has 98 valence electrons. The van der Waals surface area contributed by atoms with Crippen LogP contribution in [0.4, 0.5) is 0 Å². The third kappa shape index (κ3) is 2.49. The molecular formula is C16H18N2O. The molecule has 2 bridgehead atoms. The molecular weight excluding hydrogens is 236 g/mol. The van der Waals surface area contributed by atoms with Gasteiger partial charge in [-0.1, -0.05) is 12.5 Å². The predicted molar refractivity (Wildman–Crippen MR) is 72.4 cm³/mol. The smallest absolute Gasteiger partial charge is 0.251 e. The first-order chi connectivity index (χ1) is 9.26. The standard InChI is InChI=1S/C16H18N2O/c17-9-12-2-1-3-14(8-12)16(19)18-10-15-7-11-4-5-13(15)6-11/h1-3,8,11,13,15H,4-7,10H2,(H,18,19). The fourth-order valence-electron chi connectivity index (χ4n) is 3.68. The third-order valence-corrected chi connectivity index (χ3v) is 4.66. The summed E-state index contributed by atoms with van der Waals surface area (Å²) >= 11 is 0. The van der Waals surface area contributed by atoms with Gasteiger partial charge in [0, 0.05) is 12.1 Å². The van der Waals surface area contributed by atoms with Gasteiger partial charge in [-0.2, -0.15) is 5.26 Å². The topological polar surface area (TPSA) is 52.9 Å². The van der Waals surface area contributed by atoms with Crippen molar-refractivity contribution >= 4 is 5.91 Å². The van der Waals surface area contributed by atoms with E-state index in [9.17, 15) is 4.79 Å². The monoisotopic (exact) mass is 254 g/mol. The number of fused-ring (bicyclic) bond motifs is 2. The molecule has 0 heterocycles. The number of nitriles is 1. The van der Waals surface area contributed by atoms with Crippen molar-refractivity contribution in [3.8, 4) is 6.07 Å². The summed E-state index contributed by atoms with van der Waals surface area (Å²) in [5.41, 5.74) is 1.12. The number of hydrogen-bond acceptors (Lipinski definition) is 2. The first-order valence-corrected chi connectivity index (χ1v) is 7.04. The minimum atomic E-state index is -0.0557. The highest BCUT2D eigenvalue weighted by molar-refractivity contribution is 5.94. The largest absolute Gasteiger partial charge is 0.352 e. The molecule has 3 atom stereocenters. The Morgan fingerprint density at radius 2 is 2.26 bits per heavy atom. The molecule has 1 aromatic carbocycles. The minimum absolute atomic E-state index is 0.0557. The third-order valence-electron chi connectivity index (χ3n) is 4.66. The molecule has 2 aliphatic rings. The zero-order valence-corrected chi connectivity index (χ0v) is 10.9. The Kier molecular flexibility index (Phi) is 3.25. The highest BCUT2D eigenvalue weighted by Gasteiger charge is 2.39. The van der Waals surface area contributed by atoms with Crippen molar-refractivity contribution in [2.24, 2.45) is 17.8 Å². The van der Waals surface area contributed by atoms with Gasteiger partial charge in [-0.05, 0) is 55.2 Å². The Morgan fingerprint density at radius 3 is 2.95 bits per heavy atom. The predicted octanol–water partition coefficient (Wildman–Crippen LogP) is 2.72. The second-order valence-corrected chi connectivity index (χ2v) is 5.84. The van der Waals surface area contributed by atoms with Crippen LogP contribution < -0.4 is 5.32 Å². The lowest BCUT2D eigenvalue weighted by atomic mass is 9.89. The highest BCUT2D eigenvalue weighted by Crippen LogP contribution is 2.47. The molecule has 0 aromatic heterocycles. The van der Waals surface area contributed by atoms with Crippen molar-refractivity contribution in [2.45, 2.75) is 25.7 Å². The maximum absolute atomic E-state index is 12.1. The second kappa shape index (κ2) is 5.05.